The van der Waals surface area contributed by atoms with Crippen LogP contribution in [0.4, 0.5) is 0 Å². The lowest BCUT2D eigenvalue weighted by molar-refractivity contribution is -0.114. The van der Waals surface area contributed by atoms with Crippen LogP contribution < -0.4 is 11.3 Å². The number of hydrogen-bond acceptors (Lipinski definition) is 4. The summed E-state index contributed by atoms with van der Waals surface area (Å²) in [6.45, 7) is 5.95. The standard InChI is InChI=1S/C15H22N2O2/c1-4-10-7-11(5-2)14(12(6-3)8-10)15(19)13(18)9-17-16/h7-8,17H,4-6,9,16H2,1-3H3. The first-order valence-corrected chi connectivity index (χ1v) is 6.74. The molecule has 19 heavy (non-hydrogen) atoms. The molecule has 4 heteroatoms. The molecule has 0 aliphatic carbocycles. The Labute approximate surface area is 114 Å². The van der Waals surface area contributed by atoms with Gasteiger partial charge in [0.2, 0.25) is 11.6 Å². The lowest BCUT2D eigenvalue weighted by Gasteiger charge is -2.14. The number of nitrogens with one attached hydrogen (secondary N) is 1. The largest absolute Gasteiger partial charge is 0.289 e. The minimum atomic E-state index is -0.490. The molecule has 0 amide bonds. The van der Waals surface area contributed by atoms with E-state index < -0.39 is 11.6 Å². The van der Waals surface area contributed by atoms with Crippen molar-refractivity contribution in [1.29, 1.82) is 0 Å². The van der Waals surface area contributed by atoms with Crippen molar-refractivity contribution in [3.63, 3.8) is 0 Å². The third-order valence-corrected chi connectivity index (χ3v) is 3.27. The Morgan fingerprint density at radius 3 is 1.95 bits per heavy atom. The molecule has 0 aliphatic rings. The van der Waals surface area contributed by atoms with E-state index in [2.05, 4.69) is 12.3 Å². The summed E-state index contributed by atoms with van der Waals surface area (Å²) in [6.07, 6.45) is 2.41. The van der Waals surface area contributed by atoms with E-state index in [1.807, 2.05) is 26.0 Å². The zero-order valence-corrected chi connectivity index (χ0v) is 11.9. The maximum atomic E-state index is 12.2. The fourth-order valence-corrected chi connectivity index (χ4v) is 2.21. The summed E-state index contributed by atoms with van der Waals surface area (Å²) in [5.41, 5.74) is 5.92. The maximum Gasteiger partial charge on any atom is 0.230 e. The van der Waals surface area contributed by atoms with Gasteiger partial charge in [-0.05, 0) is 36.0 Å². The second-order valence-corrected chi connectivity index (χ2v) is 4.48. The number of carbonyl (C=O) groups excluding carboxylic acids is 2. The molecule has 3 N–H and O–H groups in total. The molecule has 1 rings (SSSR count). The van der Waals surface area contributed by atoms with Crippen LogP contribution in [0.1, 0.15) is 47.8 Å². The Balaban J connectivity index is 3.31. The average molecular weight is 262 g/mol. The third-order valence-electron chi connectivity index (χ3n) is 3.27. The number of Topliss-reactive ketones (excluding diaryl/α,β-unsaturated/α-hetero) is 2. The van der Waals surface area contributed by atoms with E-state index in [4.69, 9.17) is 5.84 Å². The van der Waals surface area contributed by atoms with Crippen molar-refractivity contribution in [2.45, 2.75) is 40.0 Å². The molecule has 0 aliphatic heterocycles. The number of hydrazine groups is 1. The SMILES string of the molecule is CCc1cc(CC)c(C(=O)C(=O)CNN)c(CC)c1. The Morgan fingerprint density at radius 1 is 1.05 bits per heavy atom. The lowest BCUT2D eigenvalue weighted by atomic mass is 9.90. The number of carbonyl (C=O) groups is 2. The van der Waals surface area contributed by atoms with Gasteiger partial charge in [-0.3, -0.25) is 20.9 Å². The van der Waals surface area contributed by atoms with Gasteiger partial charge in [-0.2, -0.15) is 0 Å². The Bertz CT molecular complexity index is 456. The first-order chi connectivity index (χ1) is 9.08. The number of aryl methyl sites for hydroxylation is 3. The molecule has 0 unspecified atom stereocenters. The van der Waals surface area contributed by atoms with E-state index in [1.54, 1.807) is 0 Å². The van der Waals surface area contributed by atoms with Crippen molar-refractivity contribution in [2.75, 3.05) is 6.54 Å². The van der Waals surface area contributed by atoms with Gasteiger partial charge in [-0.15, -0.1) is 0 Å². The van der Waals surface area contributed by atoms with E-state index >= 15 is 0 Å². The molecule has 0 radical (unpaired) electrons. The van der Waals surface area contributed by atoms with Crippen LogP contribution in [0.5, 0.6) is 0 Å². The van der Waals surface area contributed by atoms with Crippen LogP contribution in [0, 0.1) is 0 Å². The van der Waals surface area contributed by atoms with Crippen LogP contribution in [0.15, 0.2) is 12.1 Å². The molecule has 104 valence electrons. The molecular weight excluding hydrogens is 240 g/mol. The highest BCUT2D eigenvalue weighted by Crippen LogP contribution is 2.21. The summed E-state index contributed by atoms with van der Waals surface area (Å²) in [7, 11) is 0. The fraction of sp³-hybridized carbons (Fsp3) is 0.467. The van der Waals surface area contributed by atoms with E-state index in [1.165, 1.54) is 5.56 Å². The third kappa shape index (κ3) is 3.49. The van der Waals surface area contributed by atoms with Gasteiger partial charge in [0.05, 0.1) is 6.54 Å². The fourth-order valence-electron chi connectivity index (χ4n) is 2.21. The zero-order chi connectivity index (χ0) is 14.4. The zero-order valence-electron chi connectivity index (χ0n) is 11.9. The number of nitrogens with two attached hydrogens (primary N) is 1. The summed E-state index contributed by atoms with van der Waals surface area (Å²) in [5, 5.41) is 0. The topological polar surface area (TPSA) is 72.2 Å². The molecular formula is C15H22N2O2. The van der Waals surface area contributed by atoms with Crippen LogP contribution in [0.25, 0.3) is 0 Å². The molecule has 0 aromatic heterocycles. The van der Waals surface area contributed by atoms with Gasteiger partial charge < -0.3 is 0 Å². The minimum Gasteiger partial charge on any atom is -0.289 e. The van der Waals surface area contributed by atoms with Gasteiger partial charge in [0.1, 0.15) is 0 Å². The summed E-state index contributed by atoms with van der Waals surface area (Å²) in [6, 6.07) is 4.05. The van der Waals surface area contributed by atoms with Crippen LogP contribution >= 0.6 is 0 Å². The molecule has 0 bridgehead atoms. The summed E-state index contributed by atoms with van der Waals surface area (Å²) in [5.74, 6) is 4.18. The number of benzene rings is 1. The van der Waals surface area contributed by atoms with Gasteiger partial charge >= 0.3 is 0 Å². The molecule has 0 fully saturated rings. The van der Waals surface area contributed by atoms with Crippen molar-refractivity contribution in [3.05, 3.63) is 34.4 Å². The van der Waals surface area contributed by atoms with Crippen LogP contribution in [0.3, 0.4) is 0 Å². The second-order valence-electron chi connectivity index (χ2n) is 4.48. The summed E-state index contributed by atoms with van der Waals surface area (Å²) in [4.78, 5) is 24.0. The molecule has 0 spiro atoms. The number of hydrogen-bond donors (Lipinski definition) is 2. The highest BCUT2D eigenvalue weighted by atomic mass is 16.2. The number of rotatable bonds is 7. The minimum absolute atomic E-state index is 0.124. The molecule has 4 nitrogen and oxygen atoms in total. The van der Waals surface area contributed by atoms with Crippen molar-refractivity contribution in [3.8, 4) is 0 Å². The van der Waals surface area contributed by atoms with Gasteiger partial charge in [-0.25, -0.2) is 0 Å². The van der Waals surface area contributed by atoms with Crippen LogP contribution in [-0.2, 0) is 24.1 Å². The molecule has 0 heterocycles. The first kappa shape index (κ1) is 15.5. The quantitative estimate of drug-likeness (QED) is 0.339. The predicted octanol–water partition coefficient (Wildman–Crippen LogP) is 1.59. The molecule has 0 saturated heterocycles. The Kier molecular flexibility index (Phi) is 5.86. The van der Waals surface area contributed by atoms with E-state index in [-0.39, 0.29) is 6.54 Å². The smallest absolute Gasteiger partial charge is 0.230 e. The molecule has 1 aromatic carbocycles. The van der Waals surface area contributed by atoms with Crippen molar-refractivity contribution in [2.24, 2.45) is 5.84 Å². The predicted molar refractivity (Wildman–Crippen MR) is 76.1 cm³/mol. The van der Waals surface area contributed by atoms with Gasteiger partial charge in [0, 0.05) is 5.56 Å². The highest BCUT2D eigenvalue weighted by molar-refractivity contribution is 6.45. The van der Waals surface area contributed by atoms with Crippen LogP contribution in [0.2, 0.25) is 0 Å². The second kappa shape index (κ2) is 7.16. The van der Waals surface area contributed by atoms with E-state index in [0.717, 1.165) is 30.4 Å². The van der Waals surface area contributed by atoms with Crippen molar-refractivity contribution in [1.82, 2.24) is 5.43 Å². The average Bonchev–Trinajstić information content (AvgIpc) is 2.44. The molecule has 0 atom stereocenters. The van der Waals surface area contributed by atoms with Gasteiger partial charge in [0.25, 0.3) is 0 Å². The van der Waals surface area contributed by atoms with Gasteiger partial charge in [0.15, 0.2) is 0 Å². The van der Waals surface area contributed by atoms with Crippen molar-refractivity contribution >= 4 is 11.6 Å². The lowest BCUT2D eigenvalue weighted by Crippen LogP contribution is -2.34. The summed E-state index contributed by atoms with van der Waals surface area (Å²) < 4.78 is 0. The maximum absolute atomic E-state index is 12.2. The number of ketones is 2. The Hall–Kier alpha value is -1.52. The molecule has 1 aromatic rings. The van der Waals surface area contributed by atoms with Crippen LogP contribution in [-0.4, -0.2) is 18.1 Å². The van der Waals surface area contributed by atoms with Crippen molar-refractivity contribution < 1.29 is 9.59 Å². The highest BCUT2D eigenvalue weighted by Gasteiger charge is 2.21. The summed E-state index contributed by atoms with van der Waals surface area (Å²) >= 11 is 0. The molecule has 0 saturated carbocycles. The normalized spacial score (nSPS) is 10.5. The van der Waals surface area contributed by atoms with Gasteiger partial charge in [-0.1, -0.05) is 32.9 Å². The monoisotopic (exact) mass is 262 g/mol. The van der Waals surface area contributed by atoms with E-state index in [0.29, 0.717) is 5.56 Å². The first-order valence-electron chi connectivity index (χ1n) is 6.74. The van der Waals surface area contributed by atoms with E-state index in [9.17, 15) is 9.59 Å². The Morgan fingerprint density at radius 2 is 1.58 bits per heavy atom.